The zero-order chi connectivity index (χ0) is 25.4. The van der Waals surface area contributed by atoms with Crippen molar-refractivity contribution >= 4 is 29.0 Å². The number of nitrogens with zero attached hydrogens (tertiary/aromatic N) is 3. The number of hydrogen-bond donors (Lipinski definition) is 4. The summed E-state index contributed by atoms with van der Waals surface area (Å²) >= 11 is 6.52. The Kier molecular flexibility index (Phi) is 6.42. The molecule has 4 aromatic rings. The highest BCUT2D eigenvalue weighted by molar-refractivity contribution is 6.34. The van der Waals surface area contributed by atoms with Crippen molar-refractivity contribution in [3.05, 3.63) is 71.0 Å². The molecule has 0 aliphatic heterocycles. The van der Waals surface area contributed by atoms with Crippen LogP contribution in [0.5, 0.6) is 0 Å². The highest BCUT2D eigenvalue weighted by atomic mass is 35.5. The third kappa shape index (κ3) is 5.06. The fraction of sp³-hybridized carbons (Fsp3) is 0.296. The number of benzene rings is 2. The van der Waals surface area contributed by atoms with E-state index >= 15 is 0 Å². The number of hydrogen-bond acceptors (Lipinski definition) is 6. The van der Waals surface area contributed by atoms with Crippen molar-refractivity contribution in [3.8, 4) is 22.5 Å². The van der Waals surface area contributed by atoms with Crippen LogP contribution in [0.4, 0.5) is 5.82 Å². The van der Waals surface area contributed by atoms with Crippen molar-refractivity contribution < 1.29 is 15.0 Å². The van der Waals surface area contributed by atoms with Crippen molar-refractivity contribution in [2.45, 2.75) is 44.9 Å². The van der Waals surface area contributed by atoms with Gasteiger partial charge >= 0.3 is 0 Å². The molecule has 1 aliphatic rings. The number of carbonyl (C=O) groups is 1. The molecule has 0 spiro atoms. The number of rotatable bonds is 8. The van der Waals surface area contributed by atoms with Crippen molar-refractivity contribution in [2.24, 2.45) is 0 Å². The van der Waals surface area contributed by atoms with Crippen LogP contribution in [-0.2, 0) is 6.61 Å². The number of amides is 1. The van der Waals surface area contributed by atoms with Crippen LogP contribution in [0.1, 0.15) is 42.6 Å². The molecule has 1 amide bonds. The van der Waals surface area contributed by atoms with Gasteiger partial charge in [0.1, 0.15) is 0 Å². The fourth-order valence-corrected chi connectivity index (χ4v) is 4.27. The quantitative estimate of drug-likeness (QED) is 0.284. The molecule has 2 aromatic heterocycles. The molecule has 9 heteroatoms. The monoisotopic (exact) mass is 505 g/mol. The Bertz CT molecular complexity index is 1440. The van der Waals surface area contributed by atoms with E-state index in [1.54, 1.807) is 32.2 Å². The van der Waals surface area contributed by atoms with Gasteiger partial charge in [-0.25, -0.2) is 9.97 Å². The number of nitrogens with one attached hydrogen (secondary N) is 2. The molecular formula is C27H28ClN5O3. The number of carbonyl (C=O) groups excluding carboxylic acids is 1. The maximum Gasteiger partial charge on any atom is 0.253 e. The third-order valence-electron chi connectivity index (χ3n) is 6.07. The van der Waals surface area contributed by atoms with Crippen molar-refractivity contribution in [1.82, 2.24) is 19.7 Å². The van der Waals surface area contributed by atoms with Crippen LogP contribution in [-0.4, -0.2) is 48.7 Å². The van der Waals surface area contributed by atoms with E-state index < -0.39 is 5.60 Å². The highest BCUT2D eigenvalue weighted by Crippen LogP contribution is 2.31. The lowest BCUT2D eigenvalue weighted by Crippen LogP contribution is -2.29. The smallest absolute Gasteiger partial charge is 0.253 e. The minimum absolute atomic E-state index is 0.126. The lowest BCUT2D eigenvalue weighted by atomic mass is 10.1. The van der Waals surface area contributed by atoms with Gasteiger partial charge in [0, 0.05) is 29.9 Å². The zero-order valence-corrected chi connectivity index (χ0v) is 20.9. The molecule has 4 N–H and O–H groups in total. The first-order valence-corrected chi connectivity index (χ1v) is 12.3. The van der Waals surface area contributed by atoms with Gasteiger partial charge in [0.25, 0.3) is 5.91 Å². The highest BCUT2D eigenvalue weighted by Gasteiger charge is 2.25. The molecule has 186 valence electrons. The lowest BCUT2D eigenvalue weighted by Gasteiger charge is -2.19. The molecule has 8 nitrogen and oxygen atoms in total. The summed E-state index contributed by atoms with van der Waals surface area (Å²) in [5.41, 5.74) is 3.77. The first-order valence-electron chi connectivity index (χ1n) is 11.9. The molecule has 1 fully saturated rings. The fourth-order valence-electron chi connectivity index (χ4n) is 4.01. The number of anilines is 1. The molecule has 1 aliphatic carbocycles. The Morgan fingerprint density at radius 3 is 2.69 bits per heavy atom. The summed E-state index contributed by atoms with van der Waals surface area (Å²) in [6, 6.07) is 13.1. The number of aromatic nitrogens is 3. The Morgan fingerprint density at radius 2 is 2.00 bits per heavy atom. The van der Waals surface area contributed by atoms with E-state index in [9.17, 15) is 15.0 Å². The Hall–Kier alpha value is -3.46. The van der Waals surface area contributed by atoms with Crippen LogP contribution in [0.2, 0.25) is 5.02 Å². The topological polar surface area (TPSA) is 112 Å². The second-order valence-electron chi connectivity index (χ2n) is 9.74. The molecule has 2 aromatic carbocycles. The van der Waals surface area contributed by atoms with E-state index in [0.29, 0.717) is 27.7 Å². The number of halogens is 1. The third-order valence-corrected chi connectivity index (χ3v) is 6.38. The van der Waals surface area contributed by atoms with Crippen molar-refractivity contribution in [3.63, 3.8) is 0 Å². The molecule has 0 bridgehead atoms. The number of imidazole rings is 1. The number of aliphatic hydroxyl groups is 2. The average Bonchev–Trinajstić information content (AvgIpc) is 3.56. The molecule has 0 radical (unpaired) electrons. The second kappa shape index (κ2) is 9.54. The molecule has 0 saturated heterocycles. The summed E-state index contributed by atoms with van der Waals surface area (Å²) in [6.45, 7) is 3.56. The van der Waals surface area contributed by atoms with E-state index in [4.69, 9.17) is 16.6 Å². The van der Waals surface area contributed by atoms with Gasteiger partial charge in [-0.3, -0.25) is 9.20 Å². The summed E-state index contributed by atoms with van der Waals surface area (Å²) < 4.78 is 1.90. The van der Waals surface area contributed by atoms with Gasteiger partial charge in [-0.05, 0) is 44.4 Å². The predicted molar refractivity (Wildman–Crippen MR) is 140 cm³/mol. The summed E-state index contributed by atoms with van der Waals surface area (Å²) in [7, 11) is 0. The van der Waals surface area contributed by atoms with E-state index in [-0.39, 0.29) is 25.1 Å². The van der Waals surface area contributed by atoms with Gasteiger partial charge < -0.3 is 20.8 Å². The standard InChI is InChI=1S/C27H28ClN5O3/c1-27(2,36)15-30-24-25-29-12-23(16-7-10-20(21(28)11-16)26(35)31-18-8-9-18)33(25)13-22(32-24)19-6-4-3-5-17(19)14-34/h3-7,10-13,18,34,36H,8-9,14-15H2,1-2H3,(H,30,32)(H,31,35). The first-order chi connectivity index (χ1) is 17.2. The van der Waals surface area contributed by atoms with Gasteiger partial charge in [-0.1, -0.05) is 41.9 Å². The number of aliphatic hydroxyl groups excluding tert-OH is 1. The van der Waals surface area contributed by atoms with Gasteiger partial charge in [-0.15, -0.1) is 0 Å². The van der Waals surface area contributed by atoms with Gasteiger partial charge in [0.05, 0.1) is 40.4 Å². The molecule has 36 heavy (non-hydrogen) atoms. The molecule has 0 atom stereocenters. The summed E-state index contributed by atoms with van der Waals surface area (Å²) in [4.78, 5) is 21.9. The predicted octanol–water partition coefficient (Wildman–Crippen LogP) is 4.28. The van der Waals surface area contributed by atoms with E-state index in [0.717, 1.165) is 35.2 Å². The van der Waals surface area contributed by atoms with Gasteiger partial charge in [-0.2, -0.15) is 0 Å². The van der Waals surface area contributed by atoms with E-state index in [1.165, 1.54) is 0 Å². The summed E-state index contributed by atoms with van der Waals surface area (Å²) in [5.74, 6) is 0.331. The number of fused-ring (bicyclic) bond motifs is 1. The van der Waals surface area contributed by atoms with Crippen LogP contribution >= 0.6 is 11.6 Å². The van der Waals surface area contributed by atoms with Crippen LogP contribution in [0.3, 0.4) is 0 Å². The van der Waals surface area contributed by atoms with Gasteiger partial charge in [0.15, 0.2) is 11.5 Å². The van der Waals surface area contributed by atoms with E-state index in [2.05, 4.69) is 15.6 Å². The molecule has 1 saturated carbocycles. The van der Waals surface area contributed by atoms with E-state index in [1.807, 2.05) is 40.9 Å². The average molecular weight is 506 g/mol. The Balaban J connectivity index is 1.61. The molecule has 2 heterocycles. The summed E-state index contributed by atoms with van der Waals surface area (Å²) in [6.07, 6.45) is 5.60. The zero-order valence-electron chi connectivity index (χ0n) is 20.1. The van der Waals surface area contributed by atoms with Gasteiger partial charge in [0.2, 0.25) is 0 Å². The normalized spacial score (nSPS) is 13.7. The first kappa shape index (κ1) is 24.2. The molecular weight excluding hydrogens is 478 g/mol. The molecule has 0 unspecified atom stereocenters. The van der Waals surface area contributed by atoms with Crippen molar-refractivity contribution in [1.29, 1.82) is 0 Å². The largest absolute Gasteiger partial charge is 0.392 e. The molecule has 5 rings (SSSR count). The maximum atomic E-state index is 12.5. The van der Waals surface area contributed by atoms with Crippen molar-refractivity contribution in [2.75, 3.05) is 11.9 Å². The van der Waals surface area contributed by atoms with Crippen LogP contribution in [0.25, 0.3) is 28.2 Å². The van der Waals surface area contributed by atoms with Crippen LogP contribution < -0.4 is 10.6 Å². The Labute approximate surface area is 214 Å². The maximum absolute atomic E-state index is 12.5. The van der Waals surface area contributed by atoms with Crippen LogP contribution in [0, 0.1) is 0 Å². The second-order valence-corrected chi connectivity index (χ2v) is 10.1. The van der Waals surface area contributed by atoms with Crippen LogP contribution in [0.15, 0.2) is 54.9 Å². The minimum Gasteiger partial charge on any atom is -0.392 e. The Morgan fingerprint density at radius 1 is 1.22 bits per heavy atom. The lowest BCUT2D eigenvalue weighted by molar-refractivity contribution is 0.0940. The SMILES string of the molecule is CC(C)(O)CNc1nc(-c2ccccc2CO)cn2c(-c3ccc(C(=O)NC4CC4)c(Cl)c3)cnc12. The minimum atomic E-state index is -0.961. The summed E-state index contributed by atoms with van der Waals surface area (Å²) in [5, 5.41) is 26.7.